The number of rotatable bonds is 4. The molecule has 1 aromatic carbocycles. The van der Waals surface area contributed by atoms with E-state index in [1.165, 1.54) is 0 Å². The Balaban J connectivity index is 0.00000192. The number of nitrogens with one attached hydrogen (secondary N) is 2. The van der Waals surface area contributed by atoms with Crippen LogP contribution in [0.3, 0.4) is 0 Å². The van der Waals surface area contributed by atoms with Gasteiger partial charge >= 0.3 is 0 Å². The van der Waals surface area contributed by atoms with E-state index < -0.39 is 0 Å². The van der Waals surface area contributed by atoms with Gasteiger partial charge in [-0.25, -0.2) is 0 Å². The fourth-order valence-electron chi connectivity index (χ4n) is 3.38. The van der Waals surface area contributed by atoms with Gasteiger partial charge in [-0.05, 0) is 49.9 Å². The summed E-state index contributed by atoms with van der Waals surface area (Å²) in [6.45, 7) is 6.33. The molecule has 6 heteroatoms. The number of amides is 1. The maximum Gasteiger partial charge on any atom is 0.228 e. The first-order valence-corrected chi connectivity index (χ1v) is 9.24. The maximum atomic E-state index is 12.6. The van der Waals surface area contributed by atoms with Gasteiger partial charge in [0.2, 0.25) is 5.91 Å². The van der Waals surface area contributed by atoms with E-state index in [0.29, 0.717) is 10.3 Å². The second-order valence-corrected chi connectivity index (χ2v) is 8.64. The highest BCUT2D eigenvalue weighted by molar-refractivity contribution is 8.00. The molecule has 2 aliphatic rings. The molecular weight excluding hydrogens is 351 g/mol. The average Bonchev–Trinajstić information content (AvgIpc) is 3.16. The first-order valence-electron chi connectivity index (χ1n) is 7.99. The molecule has 3 nitrogen and oxygen atoms in total. The van der Waals surface area contributed by atoms with E-state index in [1.54, 1.807) is 11.8 Å². The van der Waals surface area contributed by atoms with Crippen LogP contribution in [0.2, 0.25) is 5.02 Å². The van der Waals surface area contributed by atoms with Gasteiger partial charge in [0.1, 0.15) is 0 Å². The zero-order valence-electron chi connectivity index (χ0n) is 13.5. The number of anilines is 1. The molecule has 128 valence electrons. The number of benzene rings is 1. The molecule has 23 heavy (non-hydrogen) atoms. The number of carbonyl (C=O) groups is 1. The molecular formula is C17H24Cl2N2OS. The highest BCUT2D eigenvalue weighted by atomic mass is 35.5. The first kappa shape index (κ1) is 18.9. The van der Waals surface area contributed by atoms with Crippen LogP contribution in [-0.4, -0.2) is 24.2 Å². The van der Waals surface area contributed by atoms with Crippen LogP contribution in [-0.2, 0) is 4.79 Å². The van der Waals surface area contributed by atoms with Gasteiger partial charge in [0, 0.05) is 16.1 Å². The smallest absolute Gasteiger partial charge is 0.228 e. The second-order valence-electron chi connectivity index (χ2n) is 6.64. The van der Waals surface area contributed by atoms with Crippen LogP contribution < -0.4 is 10.6 Å². The predicted octanol–water partition coefficient (Wildman–Crippen LogP) is 4.59. The van der Waals surface area contributed by atoms with Crippen LogP contribution in [0, 0.1) is 11.3 Å². The maximum absolute atomic E-state index is 12.6. The Bertz CT molecular complexity index is 574. The Morgan fingerprint density at radius 2 is 2.09 bits per heavy atom. The number of hydrogen-bond acceptors (Lipinski definition) is 3. The van der Waals surface area contributed by atoms with Crippen molar-refractivity contribution in [1.29, 1.82) is 0 Å². The molecule has 1 saturated carbocycles. The second kappa shape index (κ2) is 7.64. The van der Waals surface area contributed by atoms with E-state index in [0.717, 1.165) is 42.9 Å². The molecule has 1 spiro atoms. The average molecular weight is 375 g/mol. The van der Waals surface area contributed by atoms with Gasteiger partial charge in [0.15, 0.2) is 0 Å². The van der Waals surface area contributed by atoms with Crippen molar-refractivity contribution in [3.63, 3.8) is 0 Å². The monoisotopic (exact) mass is 374 g/mol. The molecule has 1 saturated heterocycles. The van der Waals surface area contributed by atoms with Crippen LogP contribution in [0.5, 0.6) is 0 Å². The van der Waals surface area contributed by atoms with Gasteiger partial charge in [-0.2, -0.15) is 0 Å². The summed E-state index contributed by atoms with van der Waals surface area (Å²) in [6.07, 6.45) is 3.27. The van der Waals surface area contributed by atoms with Crippen molar-refractivity contribution in [2.24, 2.45) is 11.3 Å². The van der Waals surface area contributed by atoms with Crippen molar-refractivity contribution < 1.29 is 4.79 Å². The molecule has 1 heterocycles. The molecule has 1 atom stereocenters. The number of carbonyl (C=O) groups excluding carboxylic acids is 1. The van der Waals surface area contributed by atoms with Gasteiger partial charge in [0.25, 0.3) is 0 Å². The third kappa shape index (κ3) is 4.16. The summed E-state index contributed by atoms with van der Waals surface area (Å²) in [5.74, 6) is 0.334. The van der Waals surface area contributed by atoms with E-state index in [4.69, 9.17) is 11.6 Å². The van der Waals surface area contributed by atoms with Crippen molar-refractivity contribution in [1.82, 2.24) is 5.32 Å². The van der Waals surface area contributed by atoms with E-state index >= 15 is 0 Å². The van der Waals surface area contributed by atoms with Gasteiger partial charge < -0.3 is 10.6 Å². The van der Waals surface area contributed by atoms with Gasteiger partial charge in [0.05, 0.1) is 10.7 Å². The Morgan fingerprint density at radius 1 is 1.39 bits per heavy atom. The SMILES string of the molecule is CC(C)Sc1c(Cl)cccc1NC(=O)C1CC12CCNCC2.Cl. The summed E-state index contributed by atoms with van der Waals surface area (Å²) >= 11 is 8.01. The van der Waals surface area contributed by atoms with Gasteiger partial charge in [-0.15, -0.1) is 24.2 Å². The van der Waals surface area contributed by atoms with E-state index in [2.05, 4.69) is 24.5 Å². The van der Waals surface area contributed by atoms with Crippen molar-refractivity contribution in [3.05, 3.63) is 23.2 Å². The zero-order valence-corrected chi connectivity index (χ0v) is 15.9. The molecule has 1 aromatic rings. The summed E-state index contributed by atoms with van der Waals surface area (Å²) in [5.41, 5.74) is 1.12. The first-order chi connectivity index (χ1) is 10.5. The lowest BCUT2D eigenvalue weighted by molar-refractivity contribution is -0.118. The van der Waals surface area contributed by atoms with Gasteiger partial charge in [-0.3, -0.25) is 4.79 Å². The summed E-state index contributed by atoms with van der Waals surface area (Å²) in [4.78, 5) is 13.6. The predicted molar refractivity (Wildman–Crippen MR) is 101 cm³/mol. The molecule has 0 radical (unpaired) electrons. The number of thioether (sulfide) groups is 1. The van der Waals surface area contributed by atoms with Crippen LogP contribution in [0.25, 0.3) is 0 Å². The van der Waals surface area contributed by atoms with Crippen LogP contribution in [0.4, 0.5) is 5.69 Å². The summed E-state index contributed by atoms with van der Waals surface area (Å²) < 4.78 is 0. The topological polar surface area (TPSA) is 41.1 Å². The summed E-state index contributed by atoms with van der Waals surface area (Å²) in [6, 6.07) is 5.73. The molecule has 1 aliphatic carbocycles. The normalized spacial score (nSPS) is 21.8. The van der Waals surface area contributed by atoms with E-state index in [9.17, 15) is 4.79 Å². The highest BCUT2D eigenvalue weighted by Gasteiger charge is 2.57. The largest absolute Gasteiger partial charge is 0.325 e. The number of piperidine rings is 1. The lowest BCUT2D eigenvalue weighted by Crippen LogP contribution is -2.31. The zero-order chi connectivity index (χ0) is 15.7. The lowest BCUT2D eigenvalue weighted by Gasteiger charge is -2.23. The van der Waals surface area contributed by atoms with E-state index in [-0.39, 0.29) is 29.6 Å². The Kier molecular flexibility index (Phi) is 6.28. The molecule has 0 bridgehead atoms. The molecule has 3 rings (SSSR count). The van der Waals surface area contributed by atoms with Crippen LogP contribution >= 0.6 is 35.8 Å². The molecule has 1 amide bonds. The molecule has 1 unspecified atom stereocenters. The lowest BCUT2D eigenvalue weighted by atomic mass is 9.92. The number of hydrogen-bond donors (Lipinski definition) is 2. The molecule has 1 aliphatic heterocycles. The number of halogens is 2. The fourth-order valence-corrected chi connectivity index (χ4v) is 4.58. The minimum absolute atomic E-state index is 0. The fraction of sp³-hybridized carbons (Fsp3) is 0.588. The summed E-state index contributed by atoms with van der Waals surface area (Å²) in [7, 11) is 0. The highest BCUT2D eigenvalue weighted by Crippen LogP contribution is 2.59. The minimum atomic E-state index is 0. The van der Waals surface area contributed by atoms with Crippen molar-refractivity contribution in [2.75, 3.05) is 18.4 Å². The van der Waals surface area contributed by atoms with Crippen molar-refractivity contribution in [2.45, 2.75) is 43.3 Å². The third-order valence-corrected chi connectivity index (χ3v) is 6.26. The third-order valence-electron chi connectivity index (χ3n) is 4.68. The van der Waals surface area contributed by atoms with Crippen LogP contribution in [0.1, 0.15) is 33.1 Å². The molecule has 0 aromatic heterocycles. The standard InChI is InChI=1S/C17H23ClN2OS.ClH/c1-11(2)22-15-13(18)4-3-5-14(15)20-16(21)12-10-17(12)6-8-19-9-7-17;/h3-5,11-12,19H,6-10H2,1-2H3,(H,20,21);1H. The quantitative estimate of drug-likeness (QED) is 0.757. The van der Waals surface area contributed by atoms with Gasteiger partial charge in [-0.1, -0.05) is 31.5 Å². The Hall–Kier alpha value is -0.420. The minimum Gasteiger partial charge on any atom is -0.325 e. The molecule has 2 N–H and O–H groups in total. The molecule has 2 fully saturated rings. The summed E-state index contributed by atoms with van der Waals surface area (Å²) in [5, 5.41) is 7.64. The van der Waals surface area contributed by atoms with Crippen molar-refractivity contribution >= 4 is 47.4 Å². The Labute approximate surface area is 153 Å². The van der Waals surface area contributed by atoms with Crippen molar-refractivity contribution in [3.8, 4) is 0 Å². The Morgan fingerprint density at radius 3 is 2.74 bits per heavy atom. The van der Waals surface area contributed by atoms with Crippen LogP contribution in [0.15, 0.2) is 23.1 Å². The van der Waals surface area contributed by atoms with E-state index in [1.807, 2.05) is 18.2 Å².